The van der Waals surface area contributed by atoms with Crippen LogP contribution in [-0.2, 0) is 6.42 Å². The lowest BCUT2D eigenvalue weighted by Crippen LogP contribution is -2.46. The zero-order chi connectivity index (χ0) is 18.6. The third-order valence-electron chi connectivity index (χ3n) is 5.94. The minimum Gasteiger partial charge on any atom is -0.493 e. The highest BCUT2D eigenvalue weighted by molar-refractivity contribution is 5.94. The maximum absolute atomic E-state index is 12.9. The van der Waals surface area contributed by atoms with Crippen LogP contribution in [0.1, 0.15) is 54.4 Å². The number of carbonyl (C=O) groups is 2. The van der Waals surface area contributed by atoms with Gasteiger partial charge < -0.3 is 19.9 Å². The summed E-state index contributed by atoms with van der Waals surface area (Å²) in [5, 5.41) is 3.19. The lowest BCUT2D eigenvalue weighted by Gasteiger charge is -2.27. The fourth-order valence-corrected chi connectivity index (χ4v) is 4.34. The van der Waals surface area contributed by atoms with Crippen molar-refractivity contribution < 1.29 is 14.3 Å². The van der Waals surface area contributed by atoms with Crippen molar-refractivity contribution >= 4 is 11.9 Å². The molecule has 1 saturated heterocycles. The number of hydrogen-bond acceptors (Lipinski definition) is 3. The largest absolute Gasteiger partial charge is 0.493 e. The first-order chi connectivity index (χ1) is 13.2. The van der Waals surface area contributed by atoms with E-state index < -0.39 is 0 Å². The van der Waals surface area contributed by atoms with Crippen LogP contribution in [0.2, 0.25) is 0 Å². The van der Waals surface area contributed by atoms with Crippen molar-refractivity contribution in [2.24, 2.45) is 0 Å². The summed E-state index contributed by atoms with van der Waals surface area (Å²) < 4.78 is 5.53. The first kappa shape index (κ1) is 18.1. The Morgan fingerprint density at radius 1 is 0.963 bits per heavy atom. The molecule has 0 radical (unpaired) electrons. The van der Waals surface area contributed by atoms with Gasteiger partial charge in [-0.1, -0.05) is 19.3 Å². The van der Waals surface area contributed by atoms with E-state index in [0.29, 0.717) is 38.8 Å². The molecule has 27 heavy (non-hydrogen) atoms. The summed E-state index contributed by atoms with van der Waals surface area (Å²) in [5.41, 5.74) is 1.84. The third kappa shape index (κ3) is 4.20. The summed E-state index contributed by atoms with van der Waals surface area (Å²) in [7, 11) is 0. The molecule has 0 unspecified atom stereocenters. The predicted octanol–water partition coefficient (Wildman–Crippen LogP) is 2.81. The average molecular weight is 371 g/mol. The third-order valence-corrected chi connectivity index (χ3v) is 5.94. The maximum Gasteiger partial charge on any atom is 0.317 e. The van der Waals surface area contributed by atoms with E-state index in [1.807, 2.05) is 28.0 Å². The van der Waals surface area contributed by atoms with E-state index >= 15 is 0 Å². The Balaban J connectivity index is 1.33. The van der Waals surface area contributed by atoms with E-state index in [1.54, 1.807) is 0 Å². The molecular weight excluding hydrogens is 342 g/mol. The van der Waals surface area contributed by atoms with Gasteiger partial charge >= 0.3 is 6.03 Å². The van der Waals surface area contributed by atoms with Gasteiger partial charge in [0.25, 0.3) is 5.91 Å². The van der Waals surface area contributed by atoms with Crippen molar-refractivity contribution in [1.29, 1.82) is 0 Å². The Bertz CT molecular complexity index is 700. The van der Waals surface area contributed by atoms with Gasteiger partial charge in [-0.3, -0.25) is 4.79 Å². The molecule has 6 nitrogen and oxygen atoms in total. The van der Waals surface area contributed by atoms with Crippen LogP contribution in [0.3, 0.4) is 0 Å². The molecule has 3 aliphatic rings. The second-order valence-electron chi connectivity index (χ2n) is 7.84. The molecule has 1 aromatic rings. The van der Waals surface area contributed by atoms with Crippen molar-refractivity contribution in [2.75, 3.05) is 32.8 Å². The number of rotatable bonds is 2. The van der Waals surface area contributed by atoms with E-state index in [-0.39, 0.29) is 11.9 Å². The van der Waals surface area contributed by atoms with Gasteiger partial charge in [0.2, 0.25) is 0 Å². The summed E-state index contributed by atoms with van der Waals surface area (Å²) >= 11 is 0. The van der Waals surface area contributed by atoms with Crippen LogP contribution < -0.4 is 10.1 Å². The van der Waals surface area contributed by atoms with E-state index in [2.05, 4.69) is 5.32 Å². The van der Waals surface area contributed by atoms with Gasteiger partial charge in [0.05, 0.1) is 6.61 Å². The van der Waals surface area contributed by atoms with Crippen molar-refractivity contribution in [1.82, 2.24) is 15.1 Å². The fraction of sp³-hybridized carbons (Fsp3) is 0.619. The predicted molar refractivity (Wildman–Crippen MR) is 103 cm³/mol. The Labute approximate surface area is 160 Å². The molecule has 6 heteroatoms. The van der Waals surface area contributed by atoms with Crippen LogP contribution in [0.4, 0.5) is 4.79 Å². The number of urea groups is 1. The zero-order valence-corrected chi connectivity index (χ0v) is 15.9. The van der Waals surface area contributed by atoms with E-state index in [1.165, 1.54) is 19.3 Å². The summed E-state index contributed by atoms with van der Waals surface area (Å²) in [6, 6.07) is 6.07. The first-order valence-electron chi connectivity index (χ1n) is 10.3. The highest BCUT2D eigenvalue weighted by Gasteiger charge is 2.25. The lowest BCUT2D eigenvalue weighted by molar-refractivity contribution is 0.0762. The molecule has 2 aliphatic heterocycles. The quantitative estimate of drug-likeness (QED) is 0.870. The van der Waals surface area contributed by atoms with Crippen molar-refractivity contribution in [2.45, 2.75) is 51.0 Å². The zero-order valence-electron chi connectivity index (χ0n) is 15.9. The topological polar surface area (TPSA) is 61.9 Å². The summed E-state index contributed by atoms with van der Waals surface area (Å²) in [4.78, 5) is 29.3. The second kappa shape index (κ2) is 8.19. The van der Waals surface area contributed by atoms with Crippen LogP contribution in [0.5, 0.6) is 5.75 Å². The summed E-state index contributed by atoms with van der Waals surface area (Å²) in [5.74, 6) is 0.951. The Kier molecular flexibility index (Phi) is 5.50. The van der Waals surface area contributed by atoms with Gasteiger partial charge in [0, 0.05) is 44.2 Å². The van der Waals surface area contributed by atoms with Crippen LogP contribution in [0.15, 0.2) is 18.2 Å². The number of fused-ring (bicyclic) bond motifs is 1. The maximum atomic E-state index is 12.9. The fourth-order valence-electron chi connectivity index (χ4n) is 4.34. The van der Waals surface area contributed by atoms with Gasteiger partial charge in [0.1, 0.15) is 5.75 Å². The van der Waals surface area contributed by atoms with Gasteiger partial charge in [-0.15, -0.1) is 0 Å². The van der Waals surface area contributed by atoms with Crippen molar-refractivity contribution in [3.05, 3.63) is 29.3 Å². The summed E-state index contributed by atoms with van der Waals surface area (Å²) in [6.45, 7) is 3.28. The minimum atomic E-state index is 0.0332. The van der Waals surface area contributed by atoms with Gasteiger partial charge in [0.15, 0.2) is 0 Å². The van der Waals surface area contributed by atoms with Gasteiger partial charge in [-0.25, -0.2) is 4.79 Å². The normalized spacial score (nSPS) is 20.6. The van der Waals surface area contributed by atoms with Crippen molar-refractivity contribution in [3.63, 3.8) is 0 Å². The van der Waals surface area contributed by atoms with Crippen molar-refractivity contribution in [3.8, 4) is 5.75 Å². The molecular formula is C21H29N3O3. The van der Waals surface area contributed by atoms with E-state index in [9.17, 15) is 9.59 Å². The Hall–Kier alpha value is -2.24. The lowest BCUT2D eigenvalue weighted by atomic mass is 9.96. The molecule has 146 valence electrons. The van der Waals surface area contributed by atoms with Gasteiger partial charge in [-0.05, 0) is 43.0 Å². The second-order valence-corrected chi connectivity index (χ2v) is 7.84. The molecule has 1 saturated carbocycles. The molecule has 4 rings (SSSR count). The van der Waals surface area contributed by atoms with E-state index in [0.717, 1.165) is 42.6 Å². The number of ether oxygens (including phenoxy) is 1. The number of hydrogen-bond donors (Lipinski definition) is 1. The molecule has 2 fully saturated rings. The number of amides is 3. The Morgan fingerprint density at radius 2 is 1.74 bits per heavy atom. The van der Waals surface area contributed by atoms with Gasteiger partial charge in [-0.2, -0.15) is 0 Å². The molecule has 0 atom stereocenters. The molecule has 0 spiro atoms. The molecule has 0 aromatic heterocycles. The molecule has 1 N–H and O–H groups in total. The monoisotopic (exact) mass is 371 g/mol. The van der Waals surface area contributed by atoms with E-state index in [4.69, 9.17) is 4.74 Å². The molecule has 1 aromatic carbocycles. The molecule has 0 bridgehead atoms. The molecule has 1 aliphatic carbocycles. The standard InChI is InChI=1S/C21H29N3O3/c25-20(17-7-8-19-16(15-17)9-14-27-19)23-10-4-11-24(13-12-23)21(26)22-18-5-2-1-3-6-18/h7-8,15,18H,1-6,9-14H2,(H,22,26). The number of nitrogens with one attached hydrogen (secondary N) is 1. The SMILES string of the molecule is O=C(NC1CCCCC1)N1CCCN(C(=O)c2ccc3c(c2)CCO3)CC1. The van der Waals surface area contributed by atoms with Crippen LogP contribution in [0.25, 0.3) is 0 Å². The highest BCUT2D eigenvalue weighted by Crippen LogP contribution is 2.26. The smallest absolute Gasteiger partial charge is 0.317 e. The molecule has 3 amide bonds. The van der Waals surface area contributed by atoms with Crippen LogP contribution in [-0.4, -0.2) is 60.6 Å². The highest BCUT2D eigenvalue weighted by atomic mass is 16.5. The number of nitrogens with zero attached hydrogens (tertiary/aromatic N) is 2. The summed E-state index contributed by atoms with van der Waals surface area (Å²) in [6.07, 6.45) is 7.56. The Morgan fingerprint density at radius 3 is 2.59 bits per heavy atom. The average Bonchev–Trinajstić information content (AvgIpc) is 3.02. The molecule has 2 heterocycles. The van der Waals surface area contributed by atoms with Crippen LogP contribution in [0, 0.1) is 0 Å². The minimum absolute atomic E-state index is 0.0332. The van der Waals surface area contributed by atoms with Crippen LogP contribution >= 0.6 is 0 Å². The first-order valence-corrected chi connectivity index (χ1v) is 10.3. The number of benzene rings is 1. The number of carbonyl (C=O) groups excluding carboxylic acids is 2.